The van der Waals surface area contributed by atoms with E-state index in [4.69, 9.17) is 5.73 Å². The molecular weight excluding hydrogens is 247 g/mol. The maximum Gasteiger partial charge on any atom is 0.138 e. The maximum atomic E-state index is 13.5. The minimum Gasteiger partial charge on any atom is -0.320 e. The first kappa shape index (κ1) is 13.4. The highest BCUT2D eigenvalue weighted by Crippen LogP contribution is 2.15. The summed E-state index contributed by atoms with van der Waals surface area (Å²) < 4.78 is 13.5. The Morgan fingerprint density at radius 2 is 2.11 bits per heavy atom. The normalized spacial score (nSPS) is 16.1. The van der Waals surface area contributed by atoms with Gasteiger partial charge in [0.15, 0.2) is 0 Å². The van der Waals surface area contributed by atoms with Crippen LogP contribution in [0.4, 0.5) is 4.39 Å². The summed E-state index contributed by atoms with van der Waals surface area (Å²) in [6, 6.07) is 5.17. The Kier molecular flexibility index (Phi) is 5.06. The van der Waals surface area contributed by atoms with Crippen LogP contribution in [-0.2, 0) is 6.54 Å². The average Bonchev–Trinajstić information content (AvgIpc) is 2.40. The van der Waals surface area contributed by atoms with E-state index in [-0.39, 0.29) is 12.4 Å². The van der Waals surface area contributed by atoms with Crippen molar-refractivity contribution in [3.63, 3.8) is 0 Å². The highest BCUT2D eigenvalue weighted by Gasteiger charge is 2.11. The Labute approximate surface area is 112 Å². The van der Waals surface area contributed by atoms with Gasteiger partial charge >= 0.3 is 0 Å². The summed E-state index contributed by atoms with van der Waals surface area (Å²) in [7, 11) is 0. The lowest BCUT2D eigenvalue weighted by atomic mass is 10.1. The van der Waals surface area contributed by atoms with E-state index in [1.807, 2.05) is 23.9 Å². The monoisotopic (exact) mass is 264 g/mol. The molecule has 96 valence electrons. The zero-order chi connectivity index (χ0) is 12.8. The number of nitrogens with two attached hydrogens (primary N) is 1. The fraction of sp³-hybridized carbons (Fsp3) is 0.429. The van der Waals surface area contributed by atoms with Gasteiger partial charge in [-0.05, 0) is 17.7 Å². The second-order valence-corrected chi connectivity index (χ2v) is 5.43. The maximum absolute atomic E-state index is 13.5. The number of hydrogen-bond donors (Lipinski definition) is 1. The molecule has 0 saturated carbocycles. The van der Waals surface area contributed by atoms with Gasteiger partial charge in [-0.2, -0.15) is 11.8 Å². The summed E-state index contributed by atoms with van der Waals surface area (Å²) in [6.07, 6.45) is 0. The fourth-order valence-electron chi connectivity index (χ4n) is 1.93. The first-order valence-corrected chi connectivity index (χ1v) is 7.22. The smallest absolute Gasteiger partial charge is 0.138 e. The predicted octanol–water partition coefficient (Wildman–Crippen LogP) is 1.68. The van der Waals surface area contributed by atoms with E-state index in [1.54, 1.807) is 0 Å². The molecule has 0 bridgehead atoms. The lowest BCUT2D eigenvalue weighted by Gasteiger charge is -2.26. The second-order valence-electron chi connectivity index (χ2n) is 4.21. The number of nitrogens with zero attached hydrogens (tertiary/aromatic N) is 1. The molecule has 1 aliphatic rings. The average molecular weight is 264 g/mol. The summed E-state index contributed by atoms with van der Waals surface area (Å²) >= 11 is 1.99. The van der Waals surface area contributed by atoms with Gasteiger partial charge in [0.25, 0.3) is 0 Å². The molecule has 18 heavy (non-hydrogen) atoms. The van der Waals surface area contributed by atoms with E-state index in [0.29, 0.717) is 5.56 Å². The third-order valence-electron chi connectivity index (χ3n) is 2.87. The van der Waals surface area contributed by atoms with Crippen LogP contribution in [0.1, 0.15) is 11.1 Å². The van der Waals surface area contributed by atoms with Crippen molar-refractivity contribution >= 4 is 11.8 Å². The molecule has 1 fully saturated rings. The molecular formula is C14H17FN2S. The van der Waals surface area contributed by atoms with Crippen LogP contribution in [-0.4, -0.2) is 36.0 Å². The number of rotatable bonds is 2. The van der Waals surface area contributed by atoms with Gasteiger partial charge in [-0.3, -0.25) is 4.90 Å². The third kappa shape index (κ3) is 3.74. The largest absolute Gasteiger partial charge is 0.320 e. The molecule has 0 amide bonds. The summed E-state index contributed by atoms with van der Waals surface area (Å²) in [5.74, 6) is 7.57. The van der Waals surface area contributed by atoms with Crippen LogP contribution in [0.15, 0.2) is 18.2 Å². The Hall–Kier alpha value is -1.02. The van der Waals surface area contributed by atoms with Crippen molar-refractivity contribution < 1.29 is 4.39 Å². The van der Waals surface area contributed by atoms with Gasteiger partial charge in [-0.1, -0.05) is 17.9 Å². The number of halogens is 1. The predicted molar refractivity (Wildman–Crippen MR) is 74.9 cm³/mol. The number of benzene rings is 1. The van der Waals surface area contributed by atoms with Gasteiger partial charge in [0.2, 0.25) is 0 Å². The lowest BCUT2D eigenvalue weighted by Crippen LogP contribution is -2.31. The van der Waals surface area contributed by atoms with Crippen LogP contribution in [0.25, 0.3) is 0 Å². The molecule has 2 rings (SSSR count). The van der Waals surface area contributed by atoms with Crippen LogP contribution in [0, 0.1) is 17.7 Å². The topological polar surface area (TPSA) is 29.3 Å². The van der Waals surface area contributed by atoms with Crippen molar-refractivity contribution in [2.45, 2.75) is 6.54 Å². The van der Waals surface area contributed by atoms with E-state index < -0.39 is 0 Å². The minimum atomic E-state index is -0.270. The zero-order valence-corrected chi connectivity index (χ0v) is 11.1. The van der Waals surface area contributed by atoms with Crippen molar-refractivity contribution in [2.75, 3.05) is 31.1 Å². The molecule has 0 radical (unpaired) electrons. The molecule has 1 saturated heterocycles. The van der Waals surface area contributed by atoms with E-state index in [2.05, 4.69) is 16.7 Å². The Bertz CT molecular complexity index is 459. The van der Waals surface area contributed by atoms with E-state index in [0.717, 1.165) is 25.2 Å². The molecule has 1 aromatic rings. The van der Waals surface area contributed by atoms with E-state index >= 15 is 0 Å². The molecule has 0 aromatic heterocycles. The molecule has 1 aromatic carbocycles. The molecule has 2 nitrogen and oxygen atoms in total. The van der Waals surface area contributed by atoms with Gasteiger partial charge in [-0.15, -0.1) is 0 Å². The molecule has 0 spiro atoms. The van der Waals surface area contributed by atoms with Crippen molar-refractivity contribution in [2.24, 2.45) is 5.73 Å². The molecule has 1 heterocycles. The van der Waals surface area contributed by atoms with Crippen LogP contribution in [0.3, 0.4) is 0 Å². The highest BCUT2D eigenvalue weighted by atomic mass is 32.2. The van der Waals surface area contributed by atoms with Crippen molar-refractivity contribution in [1.29, 1.82) is 0 Å². The van der Waals surface area contributed by atoms with Gasteiger partial charge in [0.05, 0.1) is 12.1 Å². The molecule has 1 aliphatic heterocycles. The van der Waals surface area contributed by atoms with E-state index in [1.165, 1.54) is 17.6 Å². The quantitative estimate of drug-likeness (QED) is 0.824. The SMILES string of the molecule is NCC#Cc1cc(CN2CCSCC2)ccc1F. The van der Waals surface area contributed by atoms with E-state index in [9.17, 15) is 4.39 Å². The van der Waals surface area contributed by atoms with Crippen LogP contribution >= 0.6 is 11.8 Å². The second kappa shape index (κ2) is 6.79. The lowest BCUT2D eigenvalue weighted by molar-refractivity contribution is 0.294. The molecule has 0 aliphatic carbocycles. The summed E-state index contributed by atoms with van der Waals surface area (Å²) in [5, 5.41) is 0. The molecule has 0 atom stereocenters. The summed E-state index contributed by atoms with van der Waals surface area (Å²) in [4.78, 5) is 2.39. The molecule has 2 N–H and O–H groups in total. The number of thioether (sulfide) groups is 1. The molecule has 0 unspecified atom stereocenters. The number of hydrogen-bond acceptors (Lipinski definition) is 3. The van der Waals surface area contributed by atoms with Crippen LogP contribution in [0.5, 0.6) is 0 Å². The minimum absolute atomic E-state index is 0.257. The Morgan fingerprint density at radius 3 is 2.83 bits per heavy atom. The fourth-order valence-corrected chi connectivity index (χ4v) is 2.91. The standard InChI is InChI=1S/C14H17FN2S/c15-14-4-3-12(10-13(14)2-1-5-16)11-17-6-8-18-9-7-17/h3-4,10H,5-9,11,16H2. The van der Waals surface area contributed by atoms with Crippen LogP contribution < -0.4 is 5.73 Å². The van der Waals surface area contributed by atoms with Crippen LogP contribution in [0.2, 0.25) is 0 Å². The highest BCUT2D eigenvalue weighted by molar-refractivity contribution is 7.99. The Balaban J connectivity index is 2.08. The van der Waals surface area contributed by atoms with Crippen molar-refractivity contribution in [3.05, 3.63) is 35.1 Å². The van der Waals surface area contributed by atoms with Gasteiger partial charge in [-0.25, -0.2) is 4.39 Å². The summed E-state index contributed by atoms with van der Waals surface area (Å²) in [5.41, 5.74) is 6.87. The Morgan fingerprint density at radius 1 is 1.33 bits per heavy atom. The first-order chi connectivity index (χ1) is 8.79. The van der Waals surface area contributed by atoms with Gasteiger partial charge in [0, 0.05) is 31.1 Å². The third-order valence-corrected chi connectivity index (χ3v) is 3.81. The van der Waals surface area contributed by atoms with Crippen molar-refractivity contribution in [1.82, 2.24) is 4.90 Å². The van der Waals surface area contributed by atoms with Gasteiger partial charge in [0.1, 0.15) is 5.82 Å². The molecule has 4 heteroatoms. The summed E-state index contributed by atoms with van der Waals surface area (Å²) in [6.45, 7) is 3.34. The van der Waals surface area contributed by atoms with Crippen molar-refractivity contribution in [3.8, 4) is 11.8 Å². The van der Waals surface area contributed by atoms with Gasteiger partial charge < -0.3 is 5.73 Å². The first-order valence-electron chi connectivity index (χ1n) is 6.07. The zero-order valence-electron chi connectivity index (χ0n) is 10.3.